The van der Waals surface area contributed by atoms with Gasteiger partial charge >= 0.3 is 0 Å². The molecule has 2 heterocycles. The largest absolute Gasteiger partial charge is 0.349 e. The van der Waals surface area contributed by atoms with Crippen molar-refractivity contribution in [3.8, 4) is 16.6 Å². The zero-order chi connectivity index (χ0) is 19.2. The molecule has 0 radical (unpaired) electrons. The third kappa shape index (κ3) is 4.72. The number of carbonyl (C=O) groups excluding carboxylic acids is 1. The van der Waals surface area contributed by atoms with Crippen molar-refractivity contribution < 1.29 is 4.79 Å². The van der Waals surface area contributed by atoms with Gasteiger partial charge < -0.3 is 5.32 Å². The molecule has 1 aromatic carbocycles. The number of thiophene rings is 1. The van der Waals surface area contributed by atoms with Gasteiger partial charge in [0.25, 0.3) is 5.91 Å². The lowest BCUT2D eigenvalue weighted by atomic mass is 10.1. The molecular formula is C21H20N4OS. The summed E-state index contributed by atoms with van der Waals surface area (Å²) < 4.78 is 1.84. The second-order valence-corrected chi connectivity index (χ2v) is 7.34. The van der Waals surface area contributed by atoms with Gasteiger partial charge in [-0.05, 0) is 36.9 Å². The Balaban J connectivity index is 1.99. The molecule has 0 aliphatic rings. The fourth-order valence-corrected chi connectivity index (χ4v) is 3.37. The molecule has 0 saturated heterocycles. The molecule has 27 heavy (non-hydrogen) atoms. The van der Waals surface area contributed by atoms with E-state index in [2.05, 4.69) is 5.32 Å². The minimum Gasteiger partial charge on any atom is -0.349 e. The molecule has 0 spiro atoms. The smallest absolute Gasteiger partial charge is 0.262 e. The minimum absolute atomic E-state index is 0.0354. The number of hydrogen-bond donors (Lipinski definition) is 1. The Hall–Kier alpha value is -3.17. The Labute approximate surface area is 162 Å². The summed E-state index contributed by atoms with van der Waals surface area (Å²) in [5.74, 6) is -0.375. The maximum absolute atomic E-state index is 12.3. The highest BCUT2D eigenvalue weighted by Gasteiger charge is 2.15. The molecule has 0 saturated carbocycles. The third-order valence-corrected chi connectivity index (χ3v) is 4.69. The van der Waals surface area contributed by atoms with Gasteiger partial charge in [-0.25, -0.2) is 0 Å². The van der Waals surface area contributed by atoms with Crippen LogP contribution < -0.4 is 5.32 Å². The summed E-state index contributed by atoms with van der Waals surface area (Å²) in [6, 6.07) is 15.9. The number of benzene rings is 1. The minimum atomic E-state index is -0.375. The highest BCUT2D eigenvalue weighted by atomic mass is 32.1. The van der Waals surface area contributed by atoms with E-state index in [4.69, 9.17) is 5.10 Å². The van der Waals surface area contributed by atoms with Crippen molar-refractivity contribution in [2.45, 2.75) is 26.4 Å². The topological polar surface area (TPSA) is 70.7 Å². The van der Waals surface area contributed by atoms with Crippen LogP contribution in [0.25, 0.3) is 16.6 Å². The second kappa shape index (κ2) is 8.47. The first-order chi connectivity index (χ1) is 13.1. The Morgan fingerprint density at radius 3 is 2.70 bits per heavy atom. The van der Waals surface area contributed by atoms with Crippen LogP contribution in [0.1, 0.15) is 25.0 Å². The lowest BCUT2D eigenvalue weighted by molar-refractivity contribution is -0.117. The molecule has 6 heteroatoms. The SMILES string of the molecule is CC(C)NC(=O)C(C#N)=Cc1cn(Cc2ccccc2)nc1-c1cccs1. The van der Waals surface area contributed by atoms with E-state index < -0.39 is 0 Å². The molecule has 3 aromatic rings. The van der Waals surface area contributed by atoms with Crippen molar-refractivity contribution in [3.05, 3.63) is 70.7 Å². The van der Waals surface area contributed by atoms with E-state index in [9.17, 15) is 10.1 Å². The average Bonchev–Trinajstić information content (AvgIpc) is 3.29. The molecule has 136 valence electrons. The molecule has 1 amide bonds. The summed E-state index contributed by atoms with van der Waals surface area (Å²) in [6.07, 6.45) is 3.49. The Kier molecular flexibility index (Phi) is 5.84. The van der Waals surface area contributed by atoms with E-state index in [1.54, 1.807) is 17.4 Å². The van der Waals surface area contributed by atoms with Gasteiger partial charge in [-0.1, -0.05) is 36.4 Å². The molecule has 1 N–H and O–H groups in total. The highest BCUT2D eigenvalue weighted by Crippen LogP contribution is 2.28. The van der Waals surface area contributed by atoms with Crippen LogP contribution in [0.2, 0.25) is 0 Å². The molecule has 0 aliphatic heterocycles. The van der Waals surface area contributed by atoms with Gasteiger partial charge in [-0.3, -0.25) is 9.48 Å². The zero-order valence-corrected chi connectivity index (χ0v) is 16.0. The van der Waals surface area contributed by atoms with Crippen molar-refractivity contribution in [1.82, 2.24) is 15.1 Å². The van der Waals surface area contributed by atoms with E-state index in [1.807, 2.05) is 78.6 Å². The van der Waals surface area contributed by atoms with Crippen molar-refractivity contribution in [2.24, 2.45) is 0 Å². The fourth-order valence-electron chi connectivity index (χ4n) is 2.64. The van der Waals surface area contributed by atoms with Crippen LogP contribution >= 0.6 is 11.3 Å². The van der Waals surface area contributed by atoms with E-state index >= 15 is 0 Å². The molecule has 0 aliphatic carbocycles. The van der Waals surface area contributed by atoms with Crippen LogP contribution in [-0.2, 0) is 11.3 Å². The first-order valence-electron chi connectivity index (χ1n) is 8.64. The monoisotopic (exact) mass is 376 g/mol. The first-order valence-corrected chi connectivity index (χ1v) is 9.52. The predicted molar refractivity (Wildman–Crippen MR) is 108 cm³/mol. The second-order valence-electron chi connectivity index (χ2n) is 6.39. The van der Waals surface area contributed by atoms with Crippen molar-refractivity contribution in [1.29, 1.82) is 5.26 Å². The lowest BCUT2D eigenvalue weighted by Crippen LogP contribution is -2.30. The summed E-state index contributed by atoms with van der Waals surface area (Å²) in [5, 5.41) is 18.9. The number of nitriles is 1. The van der Waals surface area contributed by atoms with E-state index in [1.165, 1.54) is 0 Å². The van der Waals surface area contributed by atoms with Crippen LogP contribution in [0.5, 0.6) is 0 Å². The van der Waals surface area contributed by atoms with E-state index in [0.29, 0.717) is 6.54 Å². The first kappa shape index (κ1) is 18.6. The van der Waals surface area contributed by atoms with Crippen LogP contribution in [0.4, 0.5) is 0 Å². The number of aromatic nitrogens is 2. The van der Waals surface area contributed by atoms with Gasteiger partial charge in [0, 0.05) is 17.8 Å². The van der Waals surface area contributed by atoms with E-state index in [-0.39, 0.29) is 17.5 Å². The van der Waals surface area contributed by atoms with Gasteiger partial charge in [0.1, 0.15) is 17.3 Å². The number of amides is 1. The molecule has 0 fully saturated rings. The van der Waals surface area contributed by atoms with Crippen molar-refractivity contribution in [2.75, 3.05) is 0 Å². The van der Waals surface area contributed by atoms with Crippen LogP contribution in [0.15, 0.2) is 59.6 Å². The van der Waals surface area contributed by atoms with Gasteiger partial charge in [0.2, 0.25) is 0 Å². The maximum atomic E-state index is 12.3. The van der Waals surface area contributed by atoms with Crippen LogP contribution in [-0.4, -0.2) is 21.7 Å². The third-order valence-electron chi connectivity index (χ3n) is 3.82. The fraction of sp³-hybridized carbons (Fsp3) is 0.190. The van der Waals surface area contributed by atoms with Gasteiger partial charge in [0.05, 0.1) is 11.4 Å². The summed E-state index contributed by atoms with van der Waals surface area (Å²) in [5.41, 5.74) is 2.72. The van der Waals surface area contributed by atoms with Crippen molar-refractivity contribution in [3.63, 3.8) is 0 Å². The quantitative estimate of drug-likeness (QED) is 0.520. The van der Waals surface area contributed by atoms with Gasteiger partial charge in [-0.15, -0.1) is 11.3 Å². The van der Waals surface area contributed by atoms with Crippen LogP contribution in [0, 0.1) is 11.3 Å². The summed E-state index contributed by atoms with van der Waals surface area (Å²) in [6.45, 7) is 4.34. The normalized spacial score (nSPS) is 11.4. The van der Waals surface area contributed by atoms with E-state index in [0.717, 1.165) is 21.7 Å². The standard InChI is InChI=1S/C21H20N4OS/c1-15(2)23-21(26)17(12-22)11-18-14-25(13-16-7-4-3-5-8-16)24-20(18)19-9-6-10-27-19/h3-11,14-15H,13H2,1-2H3,(H,23,26). The number of rotatable bonds is 6. The number of nitrogens with one attached hydrogen (secondary N) is 1. The molecule has 0 bridgehead atoms. The molecule has 5 nitrogen and oxygen atoms in total. The number of nitrogens with zero attached hydrogens (tertiary/aromatic N) is 3. The molecule has 2 aromatic heterocycles. The van der Waals surface area contributed by atoms with Crippen LogP contribution in [0.3, 0.4) is 0 Å². The lowest BCUT2D eigenvalue weighted by Gasteiger charge is -2.06. The molecule has 0 atom stereocenters. The average molecular weight is 376 g/mol. The Morgan fingerprint density at radius 2 is 2.07 bits per heavy atom. The summed E-state index contributed by atoms with van der Waals surface area (Å²) in [7, 11) is 0. The molecular weight excluding hydrogens is 356 g/mol. The van der Waals surface area contributed by atoms with Gasteiger partial charge in [-0.2, -0.15) is 10.4 Å². The number of hydrogen-bond acceptors (Lipinski definition) is 4. The maximum Gasteiger partial charge on any atom is 0.262 e. The molecule has 0 unspecified atom stereocenters. The summed E-state index contributed by atoms with van der Waals surface area (Å²) >= 11 is 1.58. The molecule has 3 rings (SSSR count). The van der Waals surface area contributed by atoms with Crippen molar-refractivity contribution >= 4 is 23.3 Å². The zero-order valence-electron chi connectivity index (χ0n) is 15.2. The number of carbonyl (C=O) groups is 1. The Morgan fingerprint density at radius 1 is 1.30 bits per heavy atom. The van der Waals surface area contributed by atoms with Gasteiger partial charge in [0.15, 0.2) is 0 Å². The highest BCUT2D eigenvalue weighted by molar-refractivity contribution is 7.13. The summed E-state index contributed by atoms with van der Waals surface area (Å²) in [4.78, 5) is 13.3. The Bertz CT molecular complexity index is 979. The predicted octanol–water partition coefficient (Wildman–Crippen LogP) is 4.09.